The molecule has 0 atom stereocenters. The normalized spacial score (nSPS) is 19.0. The van der Waals surface area contributed by atoms with E-state index in [1.807, 2.05) is 4.90 Å². The number of benzene rings is 2. The lowest BCUT2D eigenvalue weighted by Gasteiger charge is -2.38. The van der Waals surface area contributed by atoms with Crippen LogP contribution in [0.25, 0.3) is 0 Å². The topological polar surface area (TPSA) is 59.0 Å². The second-order valence-corrected chi connectivity index (χ2v) is 8.02. The molecule has 2 aliphatic rings. The molecule has 0 unspecified atom stereocenters. The van der Waals surface area contributed by atoms with E-state index in [-0.39, 0.29) is 12.3 Å². The Kier molecular flexibility index (Phi) is 5.94. The number of halogens is 3. The lowest BCUT2D eigenvalue weighted by Crippen LogP contribution is -2.44. The Morgan fingerprint density at radius 1 is 1.00 bits per heavy atom. The Morgan fingerprint density at radius 2 is 1.65 bits per heavy atom. The molecule has 8 heteroatoms. The van der Waals surface area contributed by atoms with E-state index in [0.717, 1.165) is 18.6 Å². The number of aliphatic hydroxyl groups is 1. The van der Waals surface area contributed by atoms with Crippen LogP contribution in [0, 0.1) is 0 Å². The number of likely N-dealkylation sites (tertiary alicyclic amines) is 1. The van der Waals surface area contributed by atoms with Crippen molar-refractivity contribution in [3.8, 4) is 11.5 Å². The molecule has 2 aromatic carbocycles. The molecule has 31 heavy (non-hydrogen) atoms. The summed E-state index contributed by atoms with van der Waals surface area (Å²) in [6.45, 7) is 2.25. The molecule has 1 N–H and O–H groups in total. The number of fused-ring (bicyclic) bond motifs is 1. The molecular weight excluding hydrogens is 411 g/mol. The van der Waals surface area contributed by atoms with Crippen molar-refractivity contribution in [1.82, 2.24) is 4.90 Å². The zero-order valence-corrected chi connectivity index (χ0v) is 17.0. The molecule has 0 amide bonds. The van der Waals surface area contributed by atoms with Gasteiger partial charge in [0.15, 0.2) is 17.3 Å². The lowest BCUT2D eigenvalue weighted by molar-refractivity contribution is -0.137. The average Bonchev–Trinajstić information content (AvgIpc) is 3.00. The van der Waals surface area contributed by atoms with E-state index in [9.17, 15) is 23.1 Å². The maximum Gasteiger partial charge on any atom is 0.416 e. The number of rotatable bonds is 4. The Balaban J connectivity index is 1.36. The molecule has 4 rings (SSSR count). The second kappa shape index (κ2) is 8.51. The van der Waals surface area contributed by atoms with Gasteiger partial charge in [0, 0.05) is 25.1 Å². The zero-order chi connectivity index (χ0) is 22.1. The Hall–Kier alpha value is -2.58. The first-order valence-corrected chi connectivity index (χ1v) is 10.3. The van der Waals surface area contributed by atoms with E-state index >= 15 is 0 Å². The molecule has 0 saturated carbocycles. The van der Waals surface area contributed by atoms with Crippen molar-refractivity contribution in [2.24, 2.45) is 0 Å². The monoisotopic (exact) mass is 435 g/mol. The summed E-state index contributed by atoms with van der Waals surface area (Å²) in [6.07, 6.45) is -2.94. The molecule has 0 radical (unpaired) electrons. The maximum absolute atomic E-state index is 12.8. The number of carbonyl (C=O) groups excluding carboxylic acids is 1. The fourth-order valence-electron chi connectivity index (χ4n) is 3.97. The van der Waals surface area contributed by atoms with Crippen molar-refractivity contribution >= 4 is 5.78 Å². The average molecular weight is 435 g/mol. The van der Waals surface area contributed by atoms with Crippen molar-refractivity contribution in [3.05, 3.63) is 59.2 Å². The van der Waals surface area contributed by atoms with Gasteiger partial charge in [-0.2, -0.15) is 13.2 Å². The van der Waals surface area contributed by atoms with Gasteiger partial charge < -0.3 is 14.6 Å². The molecule has 166 valence electrons. The summed E-state index contributed by atoms with van der Waals surface area (Å²) in [5, 5.41) is 10.9. The van der Waals surface area contributed by atoms with E-state index in [1.54, 1.807) is 18.2 Å². The van der Waals surface area contributed by atoms with Crippen molar-refractivity contribution in [2.45, 2.75) is 31.0 Å². The first-order chi connectivity index (χ1) is 14.7. The summed E-state index contributed by atoms with van der Waals surface area (Å²) >= 11 is 0. The van der Waals surface area contributed by atoms with Crippen LogP contribution in [-0.2, 0) is 11.8 Å². The molecule has 5 nitrogen and oxygen atoms in total. The van der Waals surface area contributed by atoms with Gasteiger partial charge in [0.2, 0.25) is 0 Å². The molecular formula is C23H24F3NO4. The Bertz CT molecular complexity index is 935. The highest BCUT2D eigenvalue weighted by atomic mass is 19.4. The van der Waals surface area contributed by atoms with Gasteiger partial charge in [-0.15, -0.1) is 0 Å². The number of ketones is 1. The van der Waals surface area contributed by atoms with E-state index in [1.165, 1.54) is 12.1 Å². The zero-order valence-electron chi connectivity index (χ0n) is 17.0. The van der Waals surface area contributed by atoms with Crippen LogP contribution in [0.3, 0.4) is 0 Å². The van der Waals surface area contributed by atoms with Gasteiger partial charge in [-0.1, -0.05) is 12.1 Å². The highest BCUT2D eigenvalue weighted by Gasteiger charge is 2.36. The number of alkyl halides is 3. The SMILES string of the molecule is O=C(CN1CCC(O)(c2ccc(C(F)(F)F)cc2)CC1)c1ccc2c(c1)OCCCO2. The molecule has 0 spiro atoms. The van der Waals surface area contributed by atoms with Crippen LogP contribution in [0.5, 0.6) is 11.5 Å². The van der Waals surface area contributed by atoms with Crippen LogP contribution in [-0.4, -0.2) is 48.6 Å². The van der Waals surface area contributed by atoms with Crippen LogP contribution >= 0.6 is 0 Å². The predicted octanol–water partition coefficient (Wildman–Crippen LogP) is 4.03. The van der Waals surface area contributed by atoms with Crippen LogP contribution < -0.4 is 9.47 Å². The number of piperidine rings is 1. The van der Waals surface area contributed by atoms with Crippen molar-refractivity contribution < 1.29 is 32.5 Å². The quantitative estimate of drug-likeness (QED) is 0.735. The minimum atomic E-state index is -4.40. The second-order valence-electron chi connectivity index (χ2n) is 8.02. The van der Waals surface area contributed by atoms with Crippen LogP contribution in [0.2, 0.25) is 0 Å². The predicted molar refractivity (Wildman–Crippen MR) is 107 cm³/mol. The summed E-state index contributed by atoms with van der Waals surface area (Å²) in [6, 6.07) is 9.82. The molecule has 1 saturated heterocycles. The van der Waals surface area contributed by atoms with Gasteiger partial charge in [0.1, 0.15) is 0 Å². The fourth-order valence-corrected chi connectivity index (χ4v) is 3.97. The van der Waals surface area contributed by atoms with E-state index < -0.39 is 17.3 Å². The molecule has 0 bridgehead atoms. The fraction of sp³-hybridized carbons (Fsp3) is 0.435. The third-order valence-corrected chi connectivity index (χ3v) is 5.87. The third-order valence-electron chi connectivity index (χ3n) is 5.87. The Morgan fingerprint density at radius 3 is 2.29 bits per heavy atom. The minimum Gasteiger partial charge on any atom is -0.490 e. The first kappa shape index (κ1) is 21.6. The number of ether oxygens (including phenoxy) is 2. The van der Waals surface area contributed by atoms with Crippen LogP contribution in [0.4, 0.5) is 13.2 Å². The van der Waals surface area contributed by atoms with Crippen LogP contribution in [0.1, 0.15) is 40.7 Å². The molecule has 2 heterocycles. The number of Topliss-reactive ketones (excluding diaryl/α,β-unsaturated/α-hetero) is 1. The summed E-state index contributed by atoms with van der Waals surface area (Å²) in [4.78, 5) is 14.7. The lowest BCUT2D eigenvalue weighted by atomic mass is 9.84. The summed E-state index contributed by atoms with van der Waals surface area (Å²) in [5.41, 5.74) is -0.931. The standard InChI is InChI=1S/C23H24F3NO4/c24-23(25,26)18-5-3-17(4-6-18)22(29)8-10-27(11-9-22)15-19(28)16-2-7-20-21(14-16)31-13-1-12-30-20/h2-7,14,29H,1,8-13,15H2. The number of hydrogen-bond acceptors (Lipinski definition) is 5. The Labute approximate surface area is 178 Å². The summed E-state index contributed by atoms with van der Waals surface area (Å²) in [5.74, 6) is 1.14. The van der Waals surface area contributed by atoms with Crippen LogP contribution in [0.15, 0.2) is 42.5 Å². The molecule has 1 fully saturated rings. The number of nitrogens with zero attached hydrogens (tertiary/aromatic N) is 1. The first-order valence-electron chi connectivity index (χ1n) is 10.3. The van der Waals surface area contributed by atoms with E-state index in [4.69, 9.17) is 9.47 Å². The van der Waals surface area contributed by atoms with Gasteiger partial charge in [-0.25, -0.2) is 0 Å². The molecule has 0 aromatic heterocycles. The molecule has 2 aliphatic heterocycles. The maximum atomic E-state index is 12.8. The van der Waals surface area contributed by atoms with Crippen molar-refractivity contribution in [2.75, 3.05) is 32.8 Å². The van der Waals surface area contributed by atoms with E-state index in [2.05, 4.69) is 0 Å². The van der Waals surface area contributed by atoms with E-state index in [0.29, 0.717) is 61.8 Å². The van der Waals surface area contributed by atoms with Crippen molar-refractivity contribution in [3.63, 3.8) is 0 Å². The van der Waals surface area contributed by atoms with Crippen molar-refractivity contribution in [1.29, 1.82) is 0 Å². The molecule has 2 aromatic rings. The third kappa shape index (κ3) is 4.85. The highest BCUT2D eigenvalue weighted by molar-refractivity contribution is 5.98. The summed E-state index contributed by atoms with van der Waals surface area (Å²) in [7, 11) is 0. The largest absolute Gasteiger partial charge is 0.490 e. The smallest absolute Gasteiger partial charge is 0.416 e. The highest BCUT2D eigenvalue weighted by Crippen LogP contribution is 2.36. The summed E-state index contributed by atoms with van der Waals surface area (Å²) < 4.78 is 49.5. The molecule has 0 aliphatic carbocycles. The van der Waals surface area contributed by atoms with Gasteiger partial charge >= 0.3 is 6.18 Å². The van der Waals surface area contributed by atoms with Gasteiger partial charge in [-0.3, -0.25) is 9.69 Å². The van der Waals surface area contributed by atoms with Gasteiger partial charge in [0.25, 0.3) is 0 Å². The number of hydrogen-bond donors (Lipinski definition) is 1. The van der Waals surface area contributed by atoms with Gasteiger partial charge in [0.05, 0.1) is 30.9 Å². The minimum absolute atomic E-state index is 0.0596. The number of carbonyl (C=O) groups is 1. The van der Waals surface area contributed by atoms with Gasteiger partial charge in [-0.05, 0) is 48.7 Å².